The summed E-state index contributed by atoms with van der Waals surface area (Å²) >= 11 is 1.18. The maximum atomic E-state index is 12.5. The number of hydrogen-bond donors (Lipinski definition) is 0. The standard InChI is InChI=1S/C16H20BN5O3S/c1-15(2,3)25-14(24)21-7-6-20(9-16(21)4-5-16)10-8-11(23)22-13(18-10)26-12(17)19-22/h8H,4-7,9H2,1-3H3. The molecule has 10 heteroatoms. The molecule has 0 N–H and O–H groups in total. The number of ether oxygens (including phenoxy) is 1. The lowest BCUT2D eigenvalue weighted by Crippen LogP contribution is -2.58. The molecule has 1 saturated heterocycles. The molecule has 2 aliphatic rings. The van der Waals surface area contributed by atoms with E-state index in [1.54, 1.807) is 0 Å². The van der Waals surface area contributed by atoms with Crippen LogP contribution in [0.2, 0.25) is 0 Å². The van der Waals surface area contributed by atoms with Crippen LogP contribution in [0.3, 0.4) is 0 Å². The van der Waals surface area contributed by atoms with E-state index in [0.717, 1.165) is 12.8 Å². The van der Waals surface area contributed by atoms with Gasteiger partial charge in [-0.15, -0.1) is 0 Å². The number of fused-ring (bicyclic) bond motifs is 1. The first-order valence-corrected chi connectivity index (χ1v) is 9.41. The molecular weight excluding hydrogens is 353 g/mol. The minimum atomic E-state index is -0.516. The van der Waals surface area contributed by atoms with Crippen molar-refractivity contribution in [1.29, 1.82) is 0 Å². The first-order chi connectivity index (χ1) is 12.2. The highest BCUT2D eigenvalue weighted by molar-refractivity contribution is 7.23. The van der Waals surface area contributed by atoms with Crippen LogP contribution in [-0.4, -0.2) is 64.2 Å². The van der Waals surface area contributed by atoms with E-state index < -0.39 is 5.60 Å². The van der Waals surface area contributed by atoms with E-state index in [-0.39, 0.29) is 17.2 Å². The maximum absolute atomic E-state index is 12.5. The van der Waals surface area contributed by atoms with Gasteiger partial charge in [0.05, 0.1) is 10.4 Å². The Bertz CT molecular complexity index is 930. The molecule has 0 atom stereocenters. The van der Waals surface area contributed by atoms with Gasteiger partial charge in [-0.3, -0.25) is 9.69 Å². The van der Waals surface area contributed by atoms with Crippen molar-refractivity contribution < 1.29 is 9.53 Å². The summed E-state index contributed by atoms with van der Waals surface area (Å²) in [6.45, 7) is 7.39. The van der Waals surface area contributed by atoms with Crippen LogP contribution >= 0.6 is 11.3 Å². The third-order valence-electron chi connectivity index (χ3n) is 4.66. The van der Waals surface area contributed by atoms with Crippen molar-refractivity contribution in [3.63, 3.8) is 0 Å². The van der Waals surface area contributed by atoms with Crippen LogP contribution in [0, 0.1) is 0 Å². The largest absolute Gasteiger partial charge is 0.444 e. The summed E-state index contributed by atoms with van der Waals surface area (Å²) in [6.07, 6.45) is 1.59. The number of aromatic nitrogens is 3. The normalized spacial score (nSPS) is 19.2. The molecule has 2 radical (unpaired) electrons. The molecule has 1 saturated carbocycles. The number of rotatable bonds is 1. The van der Waals surface area contributed by atoms with Crippen LogP contribution in [0.15, 0.2) is 10.9 Å². The van der Waals surface area contributed by atoms with Gasteiger partial charge < -0.3 is 9.64 Å². The van der Waals surface area contributed by atoms with Crippen molar-refractivity contribution in [3.05, 3.63) is 16.4 Å². The number of nitrogens with zero attached hydrogens (tertiary/aromatic N) is 5. The van der Waals surface area contributed by atoms with Gasteiger partial charge >= 0.3 is 6.09 Å². The fraction of sp³-hybridized carbons (Fsp3) is 0.625. The van der Waals surface area contributed by atoms with Crippen LogP contribution in [0.1, 0.15) is 33.6 Å². The Morgan fingerprint density at radius 1 is 1.35 bits per heavy atom. The molecule has 0 aromatic carbocycles. The average Bonchev–Trinajstić information content (AvgIpc) is 3.16. The highest BCUT2D eigenvalue weighted by Crippen LogP contribution is 2.45. The van der Waals surface area contributed by atoms with Gasteiger partial charge in [-0.05, 0) is 33.6 Å². The SMILES string of the molecule is [B]c1nn2c(=O)cc(N3CCN(C(=O)OC(C)(C)C)C4(CC4)C3)nc2s1. The van der Waals surface area contributed by atoms with Gasteiger partial charge in [0.2, 0.25) is 4.96 Å². The lowest BCUT2D eigenvalue weighted by Gasteiger charge is -2.42. The molecule has 1 aliphatic carbocycles. The molecule has 4 rings (SSSR count). The first kappa shape index (κ1) is 17.3. The van der Waals surface area contributed by atoms with Gasteiger partial charge in [0.15, 0.2) is 7.85 Å². The number of carbonyl (C=O) groups is 1. The van der Waals surface area contributed by atoms with E-state index in [2.05, 4.69) is 15.0 Å². The number of carbonyl (C=O) groups excluding carboxylic acids is 1. The smallest absolute Gasteiger partial charge is 0.410 e. The molecule has 1 amide bonds. The zero-order chi connectivity index (χ0) is 18.7. The molecule has 2 aromatic rings. The third kappa shape index (κ3) is 3.06. The minimum absolute atomic E-state index is 0.222. The molecule has 2 aromatic heterocycles. The van der Waals surface area contributed by atoms with Gasteiger partial charge in [0.1, 0.15) is 11.4 Å². The first-order valence-electron chi connectivity index (χ1n) is 8.59. The van der Waals surface area contributed by atoms with Crippen LogP contribution in [0.25, 0.3) is 4.96 Å². The summed E-state index contributed by atoms with van der Waals surface area (Å²) < 4.78 is 6.77. The van der Waals surface area contributed by atoms with Gasteiger partial charge in [-0.1, -0.05) is 11.3 Å². The summed E-state index contributed by atoms with van der Waals surface area (Å²) in [4.78, 5) is 34.0. The zero-order valence-corrected chi connectivity index (χ0v) is 15.9. The summed E-state index contributed by atoms with van der Waals surface area (Å²) in [5.74, 6) is 0.605. The topological polar surface area (TPSA) is 80.0 Å². The van der Waals surface area contributed by atoms with E-state index >= 15 is 0 Å². The van der Waals surface area contributed by atoms with Gasteiger partial charge in [0, 0.05) is 25.7 Å². The lowest BCUT2D eigenvalue weighted by molar-refractivity contribution is 0.0106. The summed E-state index contributed by atoms with van der Waals surface area (Å²) in [7, 11) is 5.68. The van der Waals surface area contributed by atoms with E-state index in [1.165, 1.54) is 21.9 Å². The van der Waals surface area contributed by atoms with Crippen LogP contribution in [-0.2, 0) is 4.74 Å². The second-order valence-electron chi connectivity index (χ2n) is 7.87. The van der Waals surface area contributed by atoms with Gasteiger partial charge in [-0.2, -0.15) is 9.61 Å². The van der Waals surface area contributed by atoms with Crippen LogP contribution in [0.5, 0.6) is 0 Å². The zero-order valence-electron chi connectivity index (χ0n) is 15.1. The quantitative estimate of drug-likeness (QED) is 0.679. The summed E-state index contributed by atoms with van der Waals surface area (Å²) in [6, 6.07) is 1.48. The molecule has 1 aliphatic heterocycles. The van der Waals surface area contributed by atoms with Crippen molar-refractivity contribution in [2.24, 2.45) is 0 Å². The summed E-state index contributed by atoms with van der Waals surface area (Å²) in [5, 5.41) is 3.96. The molecule has 2 fully saturated rings. The predicted molar refractivity (Wildman–Crippen MR) is 99.6 cm³/mol. The summed E-state index contributed by atoms with van der Waals surface area (Å²) in [5.41, 5.74) is -0.991. The van der Waals surface area contributed by atoms with E-state index in [4.69, 9.17) is 12.6 Å². The molecular formula is C16H20BN5O3S. The Hall–Kier alpha value is -2.10. The number of amides is 1. The van der Waals surface area contributed by atoms with Crippen LogP contribution < -0.4 is 15.4 Å². The molecule has 3 heterocycles. The second-order valence-corrected chi connectivity index (χ2v) is 8.85. The van der Waals surface area contributed by atoms with Crippen molar-refractivity contribution in [1.82, 2.24) is 19.5 Å². The number of hydrogen-bond acceptors (Lipinski definition) is 7. The Kier molecular flexibility index (Phi) is 3.80. The Morgan fingerprint density at radius 2 is 2.08 bits per heavy atom. The Labute approximate surface area is 156 Å². The fourth-order valence-electron chi connectivity index (χ4n) is 3.32. The molecule has 26 heavy (non-hydrogen) atoms. The fourth-order valence-corrected chi connectivity index (χ4v) is 3.99. The second kappa shape index (κ2) is 5.70. The monoisotopic (exact) mass is 373 g/mol. The van der Waals surface area contributed by atoms with Gasteiger partial charge in [0.25, 0.3) is 5.56 Å². The number of anilines is 1. The van der Waals surface area contributed by atoms with Crippen molar-refractivity contribution in [2.75, 3.05) is 24.5 Å². The minimum Gasteiger partial charge on any atom is -0.444 e. The van der Waals surface area contributed by atoms with E-state index in [9.17, 15) is 9.59 Å². The van der Waals surface area contributed by atoms with Gasteiger partial charge in [-0.25, -0.2) is 9.78 Å². The highest BCUT2D eigenvalue weighted by atomic mass is 32.1. The van der Waals surface area contributed by atoms with Crippen LogP contribution in [0.4, 0.5) is 10.6 Å². The van der Waals surface area contributed by atoms with E-state index in [1.807, 2.05) is 25.7 Å². The number of piperazine rings is 1. The lowest BCUT2D eigenvalue weighted by atomic mass is 10.1. The Morgan fingerprint density at radius 3 is 2.73 bits per heavy atom. The molecule has 1 spiro atoms. The van der Waals surface area contributed by atoms with Crippen molar-refractivity contribution >= 4 is 41.0 Å². The molecule has 0 unspecified atom stereocenters. The Balaban J connectivity index is 1.57. The molecule has 0 bridgehead atoms. The van der Waals surface area contributed by atoms with E-state index in [0.29, 0.717) is 35.3 Å². The predicted octanol–water partition coefficient (Wildman–Crippen LogP) is 0.534. The van der Waals surface area contributed by atoms with Crippen molar-refractivity contribution in [3.8, 4) is 0 Å². The van der Waals surface area contributed by atoms with Crippen molar-refractivity contribution in [2.45, 2.75) is 44.8 Å². The third-order valence-corrected chi connectivity index (χ3v) is 5.40. The maximum Gasteiger partial charge on any atom is 0.410 e. The average molecular weight is 373 g/mol. The molecule has 8 nitrogen and oxygen atoms in total. The highest BCUT2D eigenvalue weighted by Gasteiger charge is 2.54. The molecule has 136 valence electrons.